The first-order chi connectivity index (χ1) is 22.2. The van der Waals surface area contributed by atoms with Gasteiger partial charge in [-0.25, -0.2) is 5.48 Å². The molecule has 1 atom stereocenters. The van der Waals surface area contributed by atoms with E-state index in [1.807, 2.05) is 109 Å². The standard InChI is InChI=1S/C39H44N2O5/c1-38(2,3)45-36(43)29-31(37(44)40-27-17-16-20-30-18-8-4-9-19-30)28-35(42)41-46-39(32-21-10-5-11-22-32,33-23-12-6-13-24-33)34-25-14-7-15-26-34/h4-15,18-19,21-26,31H,16-17,20,27-29H2,1-3H3,(H,40,44)(H,41,42). The van der Waals surface area contributed by atoms with E-state index in [9.17, 15) is 14.4 Å². The maximum Gasteiger partial charge on any atom is 0.307 e. The third kappa shape index (κ3) is 9.88. The molecule has 7 heteroatoms. The maximum atomic E-state index is 13.5. The van der Waals surface area contributed by atoms with Crippen molar-refractivity contribution in [3.05, 3.63) is 144 Å². The van der Waals surface area contributed by atoms with Gasteiger partial charge in [-0.1, -0.05) is 121 Å². The van der Waals surface area contributed by atoms with Gasteiger partial charge in [-0.15, -0.1) is 0 Å². The Labute approximate surface area is 272 Å². The van der Waals surface area contributed by atoms with E-state index in [4.69, 9.17) is 9.57 Å². The van der Waals surface area contributed by atoms with E-state index in [1.54, 1.807) is 20.8 Å². The lowest BCUT2D eigenvalue weighted by molar-refractivity contribution is -0.158. The van der Waals surface area contributed by atoms with Gasteiger partial charge < -0.3 is 10.1 Å². The van der Waals surface area contributed by atoms with Gasteiger partial charge in [-0.05, 0) is 62.3 Å². The van der Waals surface area contributed by atoms with E-state index in [-0.39, 0.29) is 18.7 Å². The normalized spacial score (nSPS) is 12.2. The Bertz CT molecular complexity index is 1420. The van der Waals surface area contributed by atoms with Gasteiger partial charge in [0.1, 0.15) is 5.60 Å². The minimum absolute atomic E-state index is 0.234. The van der Waals surface area contributed by atoms with Crippen LogP contribution in [-0.4, -0.2) is 29.9 Å². The van der Waals surface area contributed by atoms with E-state index in [2.05, 4.69) is 22.9 Å². The molecule has 0 aromatic heterocycles. The van der Waals surface area contributed by atoms with E-state index >= 15 is 0 Å². The van der Waals surface area contributed by atoms with E-state index < -0.39 is 29.0 Å². The van der Waals surface area contributed by atoms with Crippen LogP contribution in [0.4, 0.5) is 0 Å². The third-order valence-electron chi connectivity index (χ3n) is 7.53. The smallest absolute Gasteiger partial charge is 0.307 e. The summed E-state index contributed by atoms with van der Waals surface area (Å²) >= 11 is 0. The third-order valence-corrected chi connectivity index (χ3v) is 7.53. The summed E-state index contributed by atoms with van der Waals surface area (Å²) in [5.74, 6) is -2.38. The van der Waals surface area contributed by atoms with Gasteiger partial charge >= 0.3 is 5.97 Å². The summed E-state index contributed by atoms with van der Waals surface area (Å²) in [6.07, 6.45) is 2.08. The highest BCUT2D eigenvalue weighted by Gasteiger charge is 2.39. The quantitative estimate of drug-likeness (QED) is 0.0653. The molecule has 240 valence electrons. The number of hydrogen-bond acceptors (Lipinski definition) is 5. The largest absolute Gasteiger partial charge is 0.460 e. The minimum Gasteiger partial charge on any atom is -0.460 e. The van der Waals surface area contributed by atoms with Gasteiger partial charge in [0, 0.05) is 13.0 Å². The number of nitrogens with one attached hydrogen (secondary N) is 2. The Morgan fingerprint density at radius 1 is 0.652 bits per heavy atom. The van der Waals surface area contributed by atoms with Crippen LogP contribution in [0.5, 0.6) is 0 Å². The predicted molar refractivity (Wildman–Crippen MR) is 179 cm³/mol. The molecule has 0 aliphatic carbocycles. The lowest BCUT2D eigenvalue weighted by Gasteiger charge is -2.35. The zero-order valence-electron chi connectivity index (χ0n) is 26.9. The summed E-state index contributed by atoms with van der Waals surface area (Å²) in [5, 5.41) is 2.92. The molecule has 7 nitrogen and oxygen atoms in total. The van der Waals surface area contributed by atoms with Crippen LogP contribution < -0.4 is 10.8 Å². The summed E-state index contributed by atoms with van der Waals surface area (Å²) in [7, 11) is 0. The highest BCUT2D eigenvalue weighted by atomic mass is 16.7. The number of unbranched alkanes of at least 4 members (excludes halogenated alkanes) is 1. The fourth-order valence-electron chi connectivity index (χ4n) is 5.39. The van der Waals surface area contributed by atoms with Gasteiger partial charge in [-0.3, -0.25) is 19.2 Å². The molecule has 4 aromatic rings. The Balaban J connectivity index is 1.49. The molecule has 0 heterocycles. The van der Waals surface area contributed by atoms with Crippen molar-refractivity contribution in [1.82, 2.24) is 10.8 Å². The van der Waals surface area contributed by atoms with Crippen molar-refractivity contribution in [3.8, 4) is 0 Å². The molecule has 0 aliphatic heterocycles. The number of carbonyl (C=O) groups is 3. The SMILES string of the molecule is CC(C)(C)OC(=O)CC(CC(=O)NOC(c1ccccc1)(c1ccccc1)c1ccccc1)C(=O)NCCCCc1ccccc1. The van der Waals surface area contributed by atoms with Crippen molar-refractivity contribution < 1.29 is 24.0 Å². The second-order valence-corrected chi connectivity index (χ2v) is 12.3. The van der Waals surface area contributed by atoms with Crippen molar-refractivity contribution in [3.63, 3.8) is 0 Å². The van der Waals surface area contributed by atoms with Crippen molar-refractivity contribution in [2.24, 2.45) is 5.92 Å². The van der Waals surface area contributed by atoms with Gasteiger partial charge in [-0.2, -0.15) is 0 Å². The average molecular weight is 621 g/mol. The van der Waals surface area contributed by atoms with Crippen LogP contribution in [0.3, 0.4) is 0 Å². The highest BCUT2D eigenvalue weighted by molar-refractivity contribution is 5.88. The Kier molecular flexibility index (Phi) is 12.3. The molecule has 0 saturated carbocycles. The maximum absolute atomic E-state index is 13.5. The molecule has 0 bridgehead atoms. The van der Waals surface area contributed by atoms with Crippen molar-refractivity contribution in [2.75, 3.05) is 6.54 Å². The summed E-state index contributed by atoms with van der Waals surface area (Å²) in [6.45, 7) is 5.74. The van der Waals surface area contributed by atoms with Crippen molar-refractivity contribution in [1.29, 1.82) is 0 Å². The van der Waals surface area contributed by atoms with Gasteiger partial charge in [0.2, 0.25) is 11.8 Å². The fraction of sp³-hybridized carbons (Fsp3) is 0.308. The number of hydroxylamine groups is 1. The Hall–Kier alpha value is -4.75. The molecule has 2 N–H and O–H groups in total. The molecule has 4 rings (SSSR count). The molecule has 0 radical (unpaired) electrons. The number of aryl methyl sites for hydroxylation is 1. The second-order valence-electron chi connectivity index (χ2n) is 12.3. The number of benzene rings is 4. The molecule has 0 aliphatic rings. The van der Waals surface area contributed by atoms with Crippen LogP contribution >= 0.6 is 0 Å². The van der Waals surface area contributed by atoms with E-state index in [0.29, 0.717) is 6.54 Å². The Morgan fingerprint density at radius 3 is 1.61 bits per heavy atom. The summed E-state index contributed by atoms with van der Waals surface area (Å²) in [5.41, 5.74) is 4.42. The van der Waals surface area contributed by atoms with Crippen molar-refractivity contribution >= 4 is 17.8 Å². The lowest BCUT2D eigenvalue weighted by atomic mass is 9.80. The monoisotopic (exact) mass is 620 g/mol. The number of rotatable bonds is 15. The first-order valence-corrected chi connectivity index (χ1v) is 15.8. The zero-order chi connectivity index (χ0) is 32.8. The molecule has 2 amide bonds. The summed E-state index contributed by atoms with van der Waals surface area (Å²) in [4.78, 5) is 46.1. The van der Waals surface area contributed by atoms with Gasteiger partial charge in [0.15, 0.2) is 5.60 Å². The number of hydrogen-bond donors (Lipinski definition) is 2. The summed E-state index contributed by atoms with van der Waals surface area (Å²) in [6, 6.07) is 39.1. The van der Waals surface area contributed by atoms with Crippen LogP contribution in [-0.2, 0) is 36.0 Å². The molecule has 0 fully saturated rings. The molecule has 0 spiro atoms. The fourth-order valence-corrected chi connectivity index (χ4v) is 5.39. The van der Waals surface area contributed by atoms with E-state index in [1.165, 1.54) is 5.56 Å². The summed E-state index contributed by atoms with van der Waals surface area (Å²) < 4.78 is 5.50. The predicted octanol–water partition coefficient (Wildman–Crippen LogP) is 6.90. The second kappa shape index (κ2) is 16.5. The van der Waals surface area contributed by atoms with E-state index in [0.717, 1.165) is 36.0 Å². The number of amides is 2. The van der Waals surface area contributed by atoms with Crippen LogP contribution in [0.1, 0.15) is 68.7 Å². The van der Waals surface area contributed by atoms with Crippen LogP contribution in [0, 0.1) is 5.92 Å². The van der Waals surface area contributed by atoms with Gasteiger partial charge in [0.25, 0.3) is 0 Å². The number of esters is 1. The molecule has 4 aromatic carbocycles. The molecule has 46 heavy (non-hydrogen) atoms. The number of carbonyl (C=O) groups excluding carboxylic acids is 3. The Morgan fingerprint density at radius 2 is 1.13 bits per heavy atom. The molecule has 0 saturated heterocycles. The molecule has 1 unspecified atom stereocenters. The topological polar surface area (TPSA) is 93.7 Å². The molecular weight excluding hydrogens is 576 g/mol. The highest BCUT2D eigenvalue weighted by Crippen LogP contribution is 2.39. The lowest BCUT2D eigenvalue weighted by Crippen LogP contribution is -2.42. The van der Waals surface area contributed by atoms with Crippen molar-refractivity contribution in [2.45, 2.75) is 64.1 Å². The van der Waals surface area contributed by atoms with Gasteiger partial charge in [0.05, 0.1) is 12.3 Å². The van der Waals surface area contributed by atoms with Crippen LogP contribution in [0.25, 0.3) is 0 Å². The zero-order valence-corrected chi connectivity index (χ0v) is 26.9. The minimum atomic E-state index is -1.18. The molecular formula is C39H44N2O5. The average Bonchev–Trinajstić information content (AvgIpc) is 3.05. The number of ether oxygens (including phenoxy) is 1. The first-order valence-electron chi connectivity index (χ1n) is 15.8. The van der Waals surface area contributed by atoms with Crippen LogP contribution in [0.2, 0.25) is 0 Å². The first kappa shape index (κ1) is 34.1. The van der Waals surface area contributed by atoms with Crippen LogP contribution in [0.15, 0.2) is 121 Å².